The highest BCUT2D eigenvalue weighted by Gasteiger charge is 2.31. The number of likely N-dealkylation sites (N-methyl/N-ethyl adjacent to an activating group) is 1. The number of rotatable bonds is 4. The molecule has 0 spiro atoms. The van der Waals surface area contributed by atoms with E-state index < -0.39 is 11.5 Å². The monoisotopic (exact) mass is 396 g/mol. The molecule has 0 atom stereocenters. The quantitative estimate of drug-likeness (QED) is 0.803. The van der Waals surface area contributed by atoms with Crippen LogP contribution >= 0.6 is 0 Å². The summed E-state index contributed by atoms with van der Waals surface area (Å²) in [5.74, 6) is -1.31. The van der Waals surface area contributed by atoms with E-state index in [1.807, 2.05) is 13.8 Å². The average molecular weight is 396 g/mol. The maximum absolute atomic E-state index is 13.1. The second-order valence-corrected chi connectivity index (χ2v) is 7.48. The first-order valence-electron chi connectivity index (χ1n) is 9.38. The Hall–Kier alpha value is -3.42. The van der Waals surface area contributed by atoms with Crippen LogP contribution in [0, 0.1) is 6.92 Å². The molecule has 2 aromatic rings. The minimum atomic E-state index is -0.780. The molecular weight excluding hydrogens is 372 g/mol. The Kier molecular flexibility index (Phi) is 5.28. The van der Waals surface area contributed by atoms with Gasteiger partial charge in [0.2, 0.25) is 0 Å². The molecule has 2 heterocycles. The molecule has 3 rings (SSSR count). The zero-order valence-electron chi connectivity index (χ0n) is 16.9. The lowest BCUT2D eigenvalue weighted by Crippen LogP contribution is -2.41. The van der Waals surface area contributed by atoms with Crippen molar-refractivity contribution in [3.05, 3.63) is 62.6 Å². The maximum atomic E-state index is 13.1. The molecule has 0 bridgehead atoms. The Morgan fingerprint density at radius 2 is 1.76 bits per heavy atom. The number of carbonyl (C=O) groups excluding carboxylic acids is 3. The maximum Gasteiger partial charge on any atom is 0.266 e. The summed E-state index contributed by atoms with van der Waals surface area (Å²) in [6.45, 7) is 5.72. The van der Waals surface area contributed by atoms with Crippen molar-refractivity contribution in [3.8, 4) is 5.69 Å². The van der Waals surface area contributed by atoms with Crippen molar-refractivity contribution in [3.63, 3.8) is 0 Å². The molecule has 8 nitrogen and oxygen atoms in total. The van der Waals surface area contributed by atoms with Crippen LogP contribution in [0.2, 0.25) is 0 Å². The zero-order valence-corrected chi connectivity index (χ0v) is 16.9. The van der Waals surface area contributed by atoms with Gasteiger partial charge >= 0.3 is 0 Å². The number of hydrogen-bond acceptors (Lipinski definition) is 4. The van der Waals surface area contributed by atoms with Crippen LogP contribution in [0.5, 0.6) is 0 Å². The third-order valence-corrected chi connectivity index (χ3v) is 5.01. The van der Waals surface area contributed by atoms with E-state index in [1.54, 1.807) is 38.2 Å². The molecule has 0 radical (unpaired) electrons. The molecule has 1 aromatic carbocycles. The van der Waals surface area contributed by atoms with Gasteiger partial charge in [0.25, 0.3) is 23.3 Å². The number of primary amides is 1. The smallest absolute Gasteiger partial charge is 0.266 e. The number of fused-ring (bicyclic) bond motifs is 1. The van der Waals surface area contributed by atoms with Gasteiger partial charge in [0.15, 0.2) is 0 Å². The van der Waals surface area contributed by atoms with Gasteiger partial charge in [-0.05, 0) is 57.0 Å². The van der Waals surface area contributed by atoms with Crippen LogP contribution in [-0.4, -0.2) is 46.8 Å². The van der Waals surface area contributed by atoms with Crippen LogP contribution in [0.4, 0.5) is 0 Å². The van der Waals surface area contributed by atoms with Gasteiger partial charge in [-0.1, -0.05) is 0 Å². The van der Waals surface area contributed by atoms with Crippen molar-refractivity contribution >= 4 is 17.7 Å². The molecule has 0 saturated carbocycles. The van der Waals surface area contributed by atoms with E-state index in [-0.39, 0.29) is 34.7 Å². The number of carbonyl (C=O) groups is 3. The van der Waals surface area contributed by atoms with Gasteiger partial charge in [-0.25, -0.2) is 0 Å². The van der Waals surface area contributed by atoms with Gasteiger partial charge in [0.05, 0.1) is 5.56 Å². The largest absolute Gasteiger partial charge is 0.364 e. The SMILES string of the molecule is Cc1c2c(c(C(N)=O)n(-c3ccc(C(=O)NC(C)C)cc3)c1=O)CCN(C)C2=O. The lowest BCUT2D eigenvalue weighted by molar-refractivity contribution is 0.0778. The fraction of sp³-hybridized carbons (Fsp3) is 0.333. The zero-order chi connectivity index (χ0) is 21.5. The lowest BCUT2D eigenvalue weighted by atomic mass is 9.93. The number of benzene rings is 1. The molecule has 3 N–H and O–H groups in total. The van der Waals surface area contributed by atoms with Crippen LogP contribution in [0.1, 0.15) is 56.2 Å². The van der Waals surface area contributed by atoms with Gasteiger partial charge in [-0.15, -0.1) is 0 Å². The van der Waals surface area contributed by atoms with Crippen molar-refractivity contribution in [2.75, 3.05) is 13.6 Å². The summed E-state index contributed by atoms with van der Waals surface area (Å²) in [7, 11) is 1.65. The van der Waals surface area contributed by atoms with Crippen molar-refractivity contribution < 1.29 is 14.4 Å². The number of nitrogens with one attached hydrogen (secondary N) is 1. The van der Waals surface area contributed by atoms with Gasteiger partial charge in [0, 0.05) is 36.4 Å². The van der Waals surface area contributed by atoms with Gasteiger partial charge in [0.1, 0.15) is 5.69 Å². The number of aromatic nitrogens is 1. The lowest BCUT2D eigenvalue weighted by Gasteiger charge is -2.28. The second-order valence-electron chi connectivity index (χ2n) is 7.48. The molecular formula is C21H24N4O4. The van der Waals surface area contributed by atoms with E-state index in [1.165, 1.54) is 9.47 Å². The number of amides is 3. The minimum Gasteiger partial charge on any atom is -0.364 e. The van der Waals surface area contributed by atoms with Crippen LogP contribution < -0.4 is 16.6 Å². The van der Waals surface area contributed by atoms with Crippen LogP contribution in [0.3, 0.4) is 0 Å². The Morgan fingerprint density at radius 1 is 1.14 bits per heavy atom. The third-order valence-electron chi connectivity index (χ3n) is 5.01. The molecule has 3 amide bonds. The molecule has 0 aliphatic carbocycles. The fourth-order valence-electron chi connectivity index (χ4n) is 3.57. The first-order chi connectivity index (χ1) is 13.6. The summed E-state index contributed by atoms with van der Waals surface area (Å²) < 4.78 is 1.24. The molecule has 152 valence electrons. The van der Waals surface area contributed by atoms with E-state index in [2.05, 4.69) is 5.32 Å². The predicted molar refractivity (Wildman–Crippen MR) is 109 cm³/mol. The normalized spacial score (nSPS) is 13.4. The molecule has 1 aliphatic heterocycles. The van der Waals surface area contributed by atoms with Crippen molar-refractivity contribution in [1.82, 2.24) is 14.8 Å². The van der Waals surface area contributed by atoms with E-state index in [9.17, 15) is 19.2 Å². The summed E-state index contributed by atoms with van der Waals surface area (Å²) in [5.41, 5.74) is 6.99. The summed E-state index contributed by atoms with van der Waals surface area (Å²) in [4.78, 5) is 51.7. The van der Waals surface area contributed by atoms with Crippen molar-refractivity contribution in [2.45, 2.75) is 33.2 Å². The van der Waals surface area contributed by atoms with Gasteiger partial charge < -0.3 is 16.0 Å². The number of pyridine rings is 1. The number of nitrogens with zero attached hydrogens (tertiary/aromatic N) is 2. The highest BCUT2D eigenvalue weighted by atomic mass is 16.2. The molecule has 1 aromatic heterocycles. The summed E-state index contributed by atoms with van der Waals surface area (Å²) >= 11 is 0. The highest BCUT2D eigenvalue weighted by molar-refractivity contribution is 6.03. The Labute approximate surface area is 168 Å². The highest BCUT2D eigenvalue weighted by Crippen LogP contribution is 2.25. The molecule has 0 fully saturated rings. The Morgan fingerprint density at radius 3 is 2.31 bits per heavy atom. The van der Waals surface area contributed by atoms with Crippen LogP contribution in [-0.2, 0) is 6.42 Å². The first kappa shape index (κ1) is 20.3. The predicted octanol–water partition coefficient (Wildman–Crippen LogP) is 1.01. The third kappa shape index (κ3) is 3.53. The molecule has 0 unspecified atom stereocenters. The number of nitrogens with two attached hydrogens (primary N) is 1. The molecule has 8 heteroatoms. The van der Waals surface area contributed by atoms with Crippen molar-refractivity contribution in [1.29, 1.82) is 0 Å². The molecule has 1 aliphatic rings. The topological polar surface area (TPSA) is 114 Å². The number of hydrogen-bond donors (Lipinski definition) is 2. The first-order valence-corrected chi connectivity index (χ1v) is 9.38. The van der Waals surface area contributed by atoms with Gasteiger partial charge in [-0.3, -0.25) is 23.7 Å². The average Bonchev–Trinajstić information content (AvgIpc) is 2.66. The van der Waals surface area contributed by atoms with Crippen LogP contribution in [0.15, 0.2) is 29.1 Å². The standard InChI is InChI=1S/C21H24N4O4/c1-11(2)23-19(27)13-5-7-14(8-6-13)25-17(18(22)26)15-9-10-24(4)21(29)16(15)12(3)20(25)28/h5-8,11H,9-10H2,1-4H3,(H2,22,26)(H,23,27). The van der Waals surface area contributed by atoms with Crippen LogP contribution in [0.25, 0.3) is 5.69 Å². The summed E-state index contributed by atoms with van der Waals surface area (Å²) in [6, 6.07) is 6.33. The van der Waals surface area contributed by atoms with E-state index in [0.717, 1.165) is 0 Å². The molecule has 0 saturated heterocycles. The minimum absolute atomic E-state index is 0.00905. The van der Waals surface area contributed by atoms with Crippen molar-refractivity contribution in [2.24, 2.45) is 5.73 Å². The fourth-order valence-corrected chi connectivity index (χ4v) is 3.57. The van der Waals surface area contributed by atoms with E-state index in [0.29, 0.717) is 29.8 Å². The summed E-state index contributed by atoms with van der Waals surface area (Å²) in [5, 5.41) is 2.79. The van der Waals surface area contributed by atoms with E-state index >= 15 is 0 Å². The van der Waals surface area contributed by atoms with E-state index in [4.69, 9.17) is 5.73 Å². The summed E-state index contributed by atoms with van der Waals surface area (Å²) in [6.07, 6.45) is 0.422. The molecule has 29 heavy (non-hydrogen) atoms. The second kappa shape index (κ2) is 7.54. The Balaban J connectivity index is 2.19. The van der Waals surface area contributed by atoms with Gasteiger partial charge in [-0.2, -0.15) is 0 Å². The Bertz CT molecular complexity index is 1070.